The minimum absolute atomic E-state index is 0.0176. The van der Waals surface area contributed by atoms with E-state index in [1.807, 2.05) is 16.3 Å². The normalized spacial score (nSPS) is 14.8. The summed E-state index contributed by atoms with van der Waals surface area (Å²) in [5.74, 6) is -0.290. The first kappa shape index (κ1) is 18.0. The molecule has 0 atom stereocenters. The Labute approximate surface area is 154 Å². The topological polar surface area (TPSA) is 95.8 Å². The lowest BCUT2D eigenvalue weighted by molar-refractivity contribution is -0.383. The van der Waals surface area contributed by atoms with E-state index in [1.54, 1.807) is 23.1 Å². The highest BCUT2D eigenvalue weighted by molar-refractivity contribution is 7.12. The van der Waals surface area contributed by atoms with Gasteiger partial charge in [0.15, 0.2) is 0 Å². The van der Waals surface area contributed by atoms with Crippen LogP contribution in [0.2, 0.25) is 0 Å². The molecule has 1 aromatic heterocycles. The van der Waals surface area contributed by atoms with E-state index in [2.05, 4.69) is 5.32 Å². The third-order valence-corrected chi connectivity index (χ3v) is 4.99. The number of nitro benzene ring substituents is 1. The number of thiophene rings is 1. The summed E-state index contributed by atoms with van der Waals surface area (Å²) >= 11 is 1.42. The van der Waals surface area contributed by atoms with Gasteiger partial charge in [-0.1, -0.05) is 18.2 Å². The number of nitrogens with zero attached hydrogens (tertiary/aromatic N) is 3. The van der Waals surface area contributed by atoms with Gasteiger partial charge in [-0.05, 0) is 17.5 Å². The highest BCUT2D eigenvalue weighted by Gasteiger charge is 2.24. The summed E-state index contributed by atoms with van der Waals surface area (Å²) in [4.78, 5) is 39.4. The lowest BCUT2D eigenvalue weighted by Gasteiger charge is -2.34. The van der Waals surface area contributed by atoms with Gasteiger partial charge in [0.25, 0.3) is 11.6 Å². The fraction of sp³-hybridized carbons (Fsp3) is 0.294. The second-order valence-corrected chi connectivity index (χ2v) is 6.82. The van der Waals surface area contributed by atoms with E-state index in [4.69, 9.17) is 0 Å². The fourth-order valence-electron chi connectivity index (χ4n) is 2.80. The Morgan fingerprint density at radius 3 is 2.50 bits per heavy atom. The number of hydrogen-bond acceptors (Lipinski definition) is 6. The van der Waals surface area contributed by atoms with Gasteiger partial charge in [-0.3, -0.25) is 24.6 Å². The number of amides is 2. The van der Waals surface area contributed by atoms with E-state index in [9.17, 15) is 19.7 Å². The van der Waals surface area contributed by atoms with Gasteiger partial charge in [0.1, 0.15) is 5.69 Å². The Hall–Kier alpha value is -2.78. The van der Waals surface area contributed by atoms with Gasteiger partial charge in [-0.2, -0.15) is 0 Å². The molecule has 8 nitrogen and oxygen atoms in total. The molecule has 0 bridgehead atoms. The number of carbonyl (C=O) groups excluding carboxylic acids is 2. The molecular formula is C17H18N4O4S. The molecule has 1 N–H and O–H groups in total. The Morgan fingerprint density at radius 2 is 1.85 bits per heavy atom. The molecule has 0 spiro atoms. The maximum atomic E-state index is 12.3. The Balaban J connectivity index is 1.51. The van der Waals surface area contributed by atoms with Crippen LogP contribution in [-0.4, -0.2) is 59.3 Å². The first-order valence-corrected chi connectivity index (χ1v) is 9.01. The van der Waals surface area contributed by atoms with Crippen molar-refractivity contribution in [2.75, 3.05) is 38.0 Å². The molecule has 1 aromatic carbocycles. The molecule has 3 rings (SSSR count). The molecule has 0 aliphatic carbocycles. The van der Waals surface area contributed by atoms with Crippen LogP contribution in [0.3, 0.4) is 0 Å². The highest BCUT2D eigenvalue weighted by Crippen LogP contribution is 2.23. The van der Waals surface area contributed by atoms with Crippen LogP contribution in [0.25, 0.3) is 0 Å². The van der Waals surface area contributed by atoms with E-state index in [1.165, 1.54) is 23.5 Å². The zero-order chi connectivity index (χ0) is 18.5. The zero-order valence-electron chi connectivity index (χ0n) is 14.0. The third kappa shape index (κ3) is 4.24. The van der Waals surface area contributed by atoms with Crippen LogP contribution >= 0.6 is 11.3 Å². The van der Waals surface area contributed by atoms with Gasteiger partial charge in [0, 0.05) is 32.2 Å². The largest absolute Gasteiger partial charge is 0.335 e. The average Bonchev–Trinajstić information content (AvgIpc) is 3.16. The summed E-state index contributed by atoms with van der Waals surface area (Å²) in [6, 6.07) is 9.70. The summed E-state index contributed by atoms with van der Waals surface area (Å²) in [6.07, 6.45) is 0. The molecule has 2 heterocycles. The summed E-state index contributed by atoms with van der Waals surface area (Å²) in [7, 11) is 0. The predicted octanol–water partition coefficient (Wildman–Crippen LogP) is 2.05. The first-order valence-electron chi connectivity index (χ1n) is 8.13. The lowest BCUT2D eigenvalue weighted by Crippen LogP contribution is -2.50. The van der Waals surface area contributed by atoms with E-state index in [0.29, 0.717) is 31.1 Å². The minimum atomic E-state index is -0.523. The summed E-state index contributed by atoms with van der Waals surface area (Å²) < 4.78 is 0. The number of para-hydroxylation sites is 2. The summed E-state index contributed by atoms with van der Waals surface area (Å²) in [6.45, 7) is 2.40. The fourth-order valence-corrected chi connectivity index (χ4v) is 3.49. The smallest absolute Gasteiger partial charge is 0.292 e. The maximum absolute atomic E-state index is 12.3. The second-order valence-electron chi connectivity index (χ2n) is 5.87. The molecule has 0 unspecified atom stereocenters. The second kappa shape index (κ2) is 8.07. The van der Waals surface area contributed by atoms with Gasteiger partial charge < -0.3 is 10.2 Å². The van der Waals surface area contributed by atoms with Gasteiger partial charge in [-0.25, -0.2) is 0 Å². The van der Waals surface area contributed by atoms with Crippen molar-refractivity contribution in [3.8, 4) is 0 Å². The summed E-state index contributed by atoms with van der Waals surface area (Å²) in [5, 5.41) is 15.5. The van der Waals surface area contributed by atoms with Gasteiger partial charge in [0.05, 0.1) is 16.3 Å². The van der Waals surface area contributed by atoms with Crippen LogP contribution in [0.1, 0.15) is 9.67 Å². The van der Waals surface area contributed by atoms with Crippen LogP contribution < -0.4 is 5.32 Å². The molecule has 26 heavy (non-hydrogen) atoms. The van der Waals surface area contributed by atoms with Crippen molar-refractivity contribution in [3.63, 3.8) is 0 Å². The van der Waals surface area contributed by atoms with Crippen LogP contribution in [0.4, 0.5) is 11.4 Å². The third-order valence-electron chi connectivity index (χ3n) is 4.13. The number of anilines is 1. The number of nitrogens with one attached hydrogen (secondary N) is 1. The van der Waals surface area contributed by atoms with Crippen molar-refractivity contribution < 1.29 is 14.5 Å². The standard InChI is InChI=1S/C17H18N4O4S/c22-16(18-13-4-1-2-5-14(13)21(24)25)12-19-7-9-20(10-8-19)17(23)15-6-3-11-26-15/h1-6,11H,7-10,12H2,(H,18,22). The van der Waals surface area contributed by atoms with E-state index >= 15 is 0 Å². The number of carbonyl (C=O) groups is 2. The van der Waals surface area contributed by atoms with Crippen LogP contribution in [0.15, 0.2) is 41.8 Å². The van der Waals surface area contributed by atoms with Crippen LogP contribution in [0.5, 0.6) is 0 Å². The van der Waals surface area contributed by atoms with Gasteiger partial charge in [0.2, 0.25) is 5.91 Å². The molecule has 1 saturated heterocycles. The van der Waals surface area contributed by atoms with Crippen molar-refractivity contribution in [1.29, 1.82) is 0 Å². The van der Waals surface area contributed by atoms with Crippen LogP contribution in [-0.2, 0) is 4.79 Å². The Bertz CT molecular complexity index is 801. The molecule has 1 fully saturated rings. The Morgan fingerprint density at radius 1 is 1.12 bits per heavy atom. The highest BCUT2D eigenvalue weighted by atomic mass is 32.1. The molecule has 1 aliphatic heterocycles. The van der Waals surface area contributed by atoms with Crippen LogP contribution in [0, 0.1) is 10.1 Å². The SMILES string of the molecule is O=C(CN1CCN(C(=O)c2cccs2)CC1)Nc1ccccc1[N+](=O)[O-]. The van der Waals surface area contributed by atoms with Gasteiger partial charge >= 0.3 is 0 Å². The van der Waals surface area contributed by atoms with Gasteiger partial charge in [-0.15, -0.1) is 11.3 Å². The van der Waals surface area contributed by atoms with Crippen molar-refractivity contribution in [1.82, 2.24) is 9.80 Å². The molecule has 1 aliphatic rings. The van der Waals surface area contributed by atoms with Crippen molar-refractivity contribution >= 4 is 34.5 Å². The Kier molecular flexibility index (Phi) is 5.59. The minimum Gasteiger partial charge on any atom is -0.335 e. The first-order chi connectivity index (χ1) is 12.5. The molecular weight excluding hydrogens is 356 g/mol. The van der Waals surface area contributed by atoms with E-state index in [0.717, 1.165) is 0 Å². The van der Waals surface area contributed by atoms with E-state index < -0.39 is 4.92 Å². The monoisotopic (exact) mass is 374 g/mol. The number of rotatable bonds is 5. The molecule has 2 aromatic rings. The van der Waals surface area contributed by atoms with Crippen molar-refractivity contribution in [2.45, 2.75) is 0 Å². The predicted molar refractivity (Wildman–Crippen MR) is 98.4 cm³/mol. The number of hydrogen-bond donors (Lipinski definition) is 1. The van der Waals surface area contributed by atoms with Crippen molar-refractivity contribution in [3.05, 3.63) is 56.8 Å². The molecule has 0 saturated carbocycles. The summed E-state index contributed by atoms with van der Waals surface area (Å²) in [5.41, 5.74) is 0.0567. The molecule has 9 heteroatoms. The quantitative estimate of drug-likeness (QED) is 0.638. The molecule has 2 amide bonds. The lowest BCUT2D eigenvalue weighted by atomic mass is 10.2. The zero-order valence-corrected chi connectivity index (χ0v) is 14.8. The molecule has 0 radical (unpaired) electrons. The van der Waals surface area contributed by atoms with E-state index in [-0.39, 0.29) is 29.7 Å². The average molecular weight is 374 g/mol. The maximum Gasteiger partial charge on any atom is 0.292 e. The number of benzene rings is 1. The number of piperazine rings is 1. The van der Waals surface area contributed by atoms with Crippen molar-refractivity contribution in [2.24, 2.45) is 0 Å². The molecule has 136 valence electrons. The number of nitro groups is 1.